The van der Waals surface area contributed by atoms with Gasteiger partial charge in [0, 0.05) is 12.0 Å². The van der Waals surface area contributed by atoms with E-state index in [9.17, 15) is 13.2 Å². The SMILES string of the molecule is CN(Cc1ncc(C(C)(C)C)o1)CC(O)C(F)(F)F. The molecule has 1 rings (SSSR count). The van der Waals surface area contributed by atoms with Crippen molar-refractivity contribution in [2.24, 2.45) is 0 Å². The molecule has 0 amide bonds. The zero-order valence-electron chi connectivity index (χ0n) is 11.5. The number of halogens is 3. The maximum absolute atomic E-state index is 12.2. The molecule has 0 radical (unpaired) electrons. The van der Waals surface area contributed by atoms with Crippen LogP contribution in [-0.2, 0) is 12.0 Å². The van der Waals surface area contributed by atoms with Crippen LogP contribution in [0.25, 0.3) is 0 Å². The number of hydrogen-bond acceptors (Lipinski definition) is 4. The second kappa shape index (κ2) is 5.50. The molecule has 19 heavy (non-hydrogen) atoms. The summed E-state index contributed by atoms with van der Waals surface area (Å²) < 4.78 is 42.0. The molecule has 0 fully saturated rings. The van der Waals surface area contributed by atoms with Crippen molar-refractivity contribution >= 4 is 0 Å². The average molecular weight is 280 g/mol. The lowest BCUT2D eigenvalue weighted by molar-refractivity contribution is -0.207. The fourth-order valence-corrected chi connectivity index (χ4v) is 1.42. The van der Waals surface area contributed by atoms with E-state index in [0.29, 0.717) is 11.7 Å². The van der Waals surface area contributed by atoms with Gasteiger partial charge in [-0.15, -0.1) is 0 Å². The summed E-state index contributed by atoms with van der Waals surface area (Å²) in [5.74, 6) is 1.01. The zero-order chi connectivity index (χ0) is 14.8. The smallest absolute Gasteiger partial charge is 0.415 e. The normalized spacial score (nSPS) is 15.0. The molecule has 0 bridgehead atoms. The Hall–Kier alpha value is -1.08. The van der Waals surface area contributed by atoms with Gasteiger partial charge in [-0.2, -0.15) is 13.2 Å². The topological polar surface area (TPSA) is 49.5 Å². The molecule has 7 heteroatoms. The highest BCUT2D eigenvalue weighted by atomic mass is 19.4. The lowest BCUT2D eigenvalue weighted by atomic mass is 9.94. The van der Waals surface area contributed by atoms with Crippen LogP contribution in [0.2, 0.25) is 0 Å². The number of aliphatic hydroxyl groups is 1. The summed E-state index contributed by atoms with van der Waals surface area (Å²) in [6.07, 6.45) is -5.40. The molecule has 0 aromatic carbocycles. The standard InChI is InChI=1S/C12H19F3N2O2/c1-11(2,3)9-5-16-10(19-9)7-17(4)6-8(18)12(13,14)15/h5,8,18H,6-7H2,1-4H3. The molecular formula is C12H19F3N2O2. The van der Waals surface area contributed by atoms with Gasteiger partial charge < -0.3 is 9.52 Å². The van der Waals surface area contributed by atoms with Crippen molar-refractivity contribution in [1.29, 1.82) is 0 Å². The van der Waals surface area contributed by atoms with Crippen LogP contribution in [0, 0.1) is 0 Å². The minimum absolute atomic E-state index is 0.114. The first-order valence-electron chi connectivity index (χ1n) is 5.88. The Morgan fingerprint density at radius 2 is 1.95 bits per heavy atom. The molecule has 1 unspecified atom stereocenters. The third-order valence-corrected chi connectivity index (χ3v) is 2.56. The second-order valence-electron chi connectivity index (χ2n) is 5.62. The predicted molar refractivity (Wildman–Crippen MR) is 63.6 cm³/mol. The molecule has 0 aliphatic carbocycles. The van der Waals surface area contributed by atoms with Crippen LogP contribution in [0.15, 0.2) is 10.6 Å². The fourth-order valence-electron chi connectivity index (χ4n) is 1.42. The van der Waals surface area contributed by atoms with E-state index < -0.39 is 18.8 Å². The average Bonchev–Trinajstić information content (AvgIpc) is 2.63. The van der Waals surface area contributed by atoms with Crippen LogP contribution < -0.4 is 0 Å². The van der Waals surface area contributed by atoms with E-state index in [4.69, 9.17) is 9.52 Å². The highest BCUT2D eigenvalue weighted by molar-refractivity contribution is 5.05. The Bertz CT molecular complexity index is 410. The van der Waals surface area contributed by atoms with Gasteiger partial charge in [0.15, 0.2) is 6.10 Å². The van der Waals surface area contributed by atoms with Crippen LogP contribution in [-0.4, -0.2) is 40.9 Å². The van der Waals surface area contributed by atoms with Gasteiger partial charge in [-0.3, -0.25) is 4.90 Å². The summed E-state index contributed by atoms with van der Waals surface area (Å²) in [6, 6.07) is 0. The van der Waals surface area contributed by atoms with Crippen molar-refractivity contribution < 1.29 is 22.7 Å². The Labute approximate surface area is 110 Å². The van der Waals surface area contributed by atoms with Crippen molar-refractivity contribution in [3.05, 3.63) is 17.8 Å². The molecule has 0 saturated heterocycles. The number of alkyl halides is 3. The summed E-state index contributed by atoms with van der Waals surface area (Å²) in [6.45, 7) is 5.46. The van der Waals surface area contributed by atoms with Crippen LogP contribution in [0.1, 0.15) is 32.4 Å². The maximum atomic E-state index is 12.2. The highest BCUT2D eigenvalue weighted by Gasteiger charge is 2.38. The van der Waals surface area contributed by atoms with Crippen LogP contribution in [0.3, 0.4) is 0 Å². The number of likely N-dealkylation sites (N-methyl/N-ethyl adjacent to an activating group) is 1. The number of oxazole rings is 1. The van der Waals surface area contributed by atoms with Crippen molar-refractivity contribution in [1.82, 2.24) is 9.88 Å². The van der Waals surface area contributed by atoms with Gasteiger partial charge in [0.05, 0.1) is 12.7 Å². The number of hydrogen-bond donors (Lipinski definition) is 1. The number of nitrogens with zero attached hydrogens (tertiary/aromatic N) is 2. The second-order valence-corrected chi connectivity index (χ2v) is 5.62. The fraction of sp³-hybridized carbons (Fsp3) is 0.750. The molecule has 1 aromatic heterocycles. The Morgan fingerprint density at radius 3 is 2.37 bits per heavy atom. The van der Waals surface area contributed by atoms with Gasteiger partial charge in [0.2, 0.25) is 5.89 Å². The van der Waals surface area contributed by atoms with Gasteiger partial charge >= 0.3 is 6.18 Å². The van der Waals surface area contributed by atoms with Crippen molar-refractivity contribution in [2.75, 3.05) is 13.6 Å². The van der Waals surface area contributed by atoms with E-state index in [1.165, 1.54) is 11.9 Å². The molecule has 4 nitrogen and oxygen atoms in total. The molecule has 1 aromatic rings. The van der Waals surface area contributed by atoms with Crippen molar-refractivity contribution in [3.63, 3.8) is 0 Å². The third-order valence-electron chi connectivity index (χ3n) is 2.56. The van der Waals surface area contributed by atoms with Gasteiger partial charge in [-0.1, -0.05) is 20.8 Å². The summed E-state index contributed by atoms with van der Waals surface area (Å²) >= 11 is 0. The molecule has 1 atom stereocenters. The molecule has 0 aliphatic heterocycles. The van der Waals surface area contributed by atoms with E-state index >= 15 is 0 Å². The van der Waals surface area contributed by atoms with E-state index in [0.717, 1.165) is 0 Å². The summed E-state index contributed by atoms with van der Waals surface area (Å²) in [7, 11) is 1.47. The number of aliphatic hydroxyl groups excluding tert-OH is 1. The molecule has 110 valence electrons. The molecule has 1 heterocycles. The van der Waals surface area contributed by atoms with E-state index in [1.54, 1.807) is 6.20 Å². The van der Waals surface area contributed by atoms with Crippen LogP contribution in [0.5, 0.6) is 0 Å². The maximum Gasteiger partial charge on any atom is 0.415 e. The molecule has 1 N–H and O–H groups in total. The first-order chi connectivity index (χ1) is 8.50. The quantitative estimate of drug-likeness (QED) is 0.919. The largest absolute Gasteiger partial charge is 0.444 e. The lowest BCUT2D eigenvalue weighted by Gasteiger charge is -2.21. The third kappa shape index (κ3) is 4.83. The molecule has 0 aliphatic rings. The number of aromatic nitrogens is 1. The Morgan fingerprint density at radius 1 is 1.37 bits per heavy atom. The van der Waals surface area contributed by atoms with E-state index in [-0.39, 0.29) is 12.0 Å². The summed E-state index contributed by atoms with van der Waals surface area (Å²) in [5, 5.41) is 8.95. The van der Waals surface area contributed by atoms with Crippen molar-refractivity contribution in [3.8, 4) is 0 Å². The Kier molecular flexibility index (Phi) is 4.63. The van der Waals surface area contributed by atoms with Gasteiger partial charge in [-0.25, -0.2) is 4.98 Å². The van der Waals surface area contributed by atoms with Gasteiger partial charge in [-0.05, 0) is 7.05 Å². The molecule has 0 spiro atoms. The lowest BCUT2D eigenvalue weighted by Crippen LogP contribution is -2.39. The van der Waals surface area contributed by atoms with Crippen LogP contribution in [0.4, 0.5) is 13.2 Å². The van der Waals surface area contributed by atoms with Crippen LogP contribution >= 0.6 is 0 Å². The summed E-state index contributed by atoms with van der Waals surface area (Å²) in [5.41, 5.74) is -0.199. The molecule has 0 saturated carbocycles. The van der Waals surface area contributed by atoms with Gasteiger partial charge in [0.25, 0.3) is 0 Å². The Balaban J connectivity index is 2.58. The monoisotopic (exact) mass is 280 g/mol. The minimum Gasteiger partial charge on any atom is -0.444 e. The predicted octanol–water partition coefficient (Wildman–Crippen LogP) is 2.33. The summed E-state index contributed by atoms with van der Waals surface area (Å²) in [4.78, 5) is 5.34. The zero-order valence-corrected chi connectivity index (χ0v) is 11.5. The van der Waals surface area contributed by atoms with Crippen molar-refractivity contribution in [2.45, 2.75) is 45.0 Å². The minimum atomic E-state index is -4.61. The molecular weight excluding hydrogens is 261 g/mol. The van der Waals surface area contributed by atoms with E-state index in [1.807, 2.05) is 20.8 Å². The highest BCUT2D eigenvalue weighted by Crippen LogP contribution is 2.24. The number of rotatable bonds is 4. The first-order valence-corrected chi connectivity index (χ1v) is 5.88. The van der Waals surface area contributed by atoms with E-state index in [2.05, 4.69) is 4.98 Å². The van der Waals surface area contributed by atoms with Gasteiger partial charge in [0.1, 0.15) is 5.76 Å². The first kappa shape index (κ1) is 16.0.